The number of hydrogen-bond acceptors (Lipinski definition) is 10. The Hall–Kier alpha value is -3.71. The third-order valence-corrected chi connectivity index (χ3v) is 5.55. The van der Waals surface area contributed by atoms with Crippen molar-refractivity contribution in [1.29, 1.82) is 0 Å². The van der Waals surface area contributed by atoms with Crippen LogP contribution in [0.15, 0.2) is 15.5 Å². The Bertz CT molecular complexity index is 1160. The van der Waals surface area contributed by atoms with Crippen LogP contribution in [0, 0.1) is 5.41 Å². The summed E-state index contributed by atoms with van der Waals surface area (Å²) < 4.78 is 10.7. The van der Waals surface area contributed by atoms with Crippen LogP contribution in [-0.4, -0.2) is 70.9 Å². The third kappa shape index (κ3) is 8.99. The molecular weight excluding hydrogens is 516 g/mol. The number of rotatable bonds is 9. The number of carbonyl (C=O) groups is 4. The van der Waals surface area contributed by atoms with Crippen molar-refractivity contribution < 1.29 is 28.7 Å². The zero-order chi connectivity index (χ0) is 28.9. The molecule has 0 saturated carbocycles. The van der Waals surface area contributed by atoms with Crippen LogP contribution in [0.25, 0.3) is 10.4 Å². The average molecular weight is 551 g/mol. The number of aliphatic imine (C=N–C) groups is 1. The molecule has 15 heteroatoms. The van der Waals surface area contributed by atoms with E-state index in [0.717, 1.165) is 11.3 Å². The highest BCUT2D eigenvalue weighted by molar-refractivity contribution is 7.14. The predicted molar refractivity (Wildman–Crippen MR) is 141 cm³/mol. The molecule has 38 heavy (non-hydrogen) atoms. The van der Waals surface area contributed by atoms with Gasteiger partial charge in [0.2, 0.25) is 5.91 Å². The topological polar surface area (TPSA) is 197 Å². The van der Waals surface area contributed by atoms with E-state index in [0.29, 0.717) is 0 Å². The van der Waals surface area contributed by atoms with Crippen molar-refractivity contribution in [2.45, 2.75) is 78.7 Å². The van der Waals surface area contributed by atoms with Crippen molar-refractivity contribution in [3.8, 4) is 0 Å². The molecule has 3 amide bonds. The molecule has 2 rings (SSSR count). The lowest BCUT2D eigenvalue weighted by molar-refractivity contribution is -0.165. The number of aromatic nitrogens is 1. The van der Waals surface area contributed by atoms with Gasteiger partial charge in [-0.15, -0.1) is 11.3 Å². The maximum Gasteiger partial charge on any atom is 0.413 e. The first-order valence-electron chi connectivity index (χ1n) is 11.8. The van der Waals surface area contributed by atoms with Gasteiger partial charge in [-0.3, -0.25) is 24.7 Å². The molecule has 1 aromatic rings. The zero-order valence-corrected chi connectivity index (χ0v) is 23.6. The smallest absolute Gasteiger partial charge is 0.413 e. The Kier molecular flexibility index (Phi) is 9.46. The number of β-lactam (4-membered cyclic amide) rings is 1. The second-order valence-electron chi connectivity index (χ2n) is 11.2. The van der Waals surface area contributed by atoms with Gasteiger partial charge in [-0.1, -0.05) is 5.11 Å². The van der Waals surface area contributed by atoms with E-state index in [1.807, 2.05) is 0 Å². The second-order valence-corrected chi connectivity index (χ2v) is 12.1. The summed E-state index contributed by atoms with van der Waals surface area (Å²) in [5.74, 6) is -1.69. The maximum atomic E-state index is 13.3. The standard InChI is InChI=1S/C23H34N8O6S/c1-21(2,3)36-18(34)23(7,8)11-25-14(16(32)29-15-12(9-26-31-24)27-17(15)33)13-10-38-19(28-13)30-20(35)37-22(4,5)6/h10,12,15H,9,11H2,1-8H3,(H,27,33)(H,29,32)(H,28,30,35)/t12-,15+/m1/s1. The summed E-state index contributed by atoms with van der Waals surface area (Å²) >= 11 is 1.04. The molecule has 0 radical (unpaired) electrons. The first-order chi connectivity index (χ1) is 17.4. The van der Waals surface area contributed by atoms with Crippen LogP contribution < -0.4 is 16.0 Å². The van der Waals surface area contributed by atoms with Gasteiger partial charge in [-0.25, -0.2) is 9.78 Å². The molecule has 1 fully saturated rings. The molecule has 2 atom stereocenters. The Morgan fingerprint density at radius 1 is 1.13 bits per heavy atom. The number of esters is 1. The van der Waals surface area contributed by atoms with E-state index < -0.39 is 52.6 Å². The van der Waals surface area contributed by atoms with Gasteiger partial charge in [0.1, 0.15) is 28.6 Å². The molecule has 1 aliphatic heterocycles. The van der Waals surface area contributed by atoms with Gasteiger partial charge >= 0.3 is 12.1 Å². The number of anilines is 1. The van der Waals surface area contributed by atoms with Gasteiger partial charge in [0.05, 0.1) is 18.0 Å². The Morgan fingerprint density at radius 3 is 2.32 bits per heavy atom. The zero-order valence-electron chi connectivity index (χ0n) is 22.7. The van der Waals surface area contributed by atoms with Gasteiger partial charge in [0.15, 0.2) is 5.13 Å². The van der Waals surface area contributed by atoms with Gasteiger partial charge in [-0.2, -0.15) is 0 Å². The molecule has 0 spiro atoms. The van der Waals surface area contributed by atoms with E-state index in [1.54, 1.807) is 55.4 Å². The van der Waals surface area contributed by atoms with E-state index in [-0.39, 0.29) is 29.6 Å². The fourth-order valence-corrected chi connectivity index (χ4v) is 3.63. The fourth-order valence-electron chi connectivity index (χ4n) is 2.95. The summed E-state index contributed by atoms with van der Waals surface area (Å²) in [6.07, 6.45) is -0.723. The van der Waals surface area contributed by atoms with Gasteiger partial charge in [0.25, 0.3) is 5.91 Å². The van der Waals surface area contributed by atoms with E-state index in [4.69, 9.17) is 15.0 Å². The van der Waals surface area contributed by atoms with Crippen LogP contribution in [0.3, 0.4) is 0 Å². The van der Waals surface area contributed by atoms with E-state index in [1.165, 1.54) is 5.38 Å². The van der Waals surface area contributed by atoms with E-state index in [2.05, 4.69) is 36.0 Å². The van der Waals surface area contributed by atoms with Crippen LogP contribution >= 0.6 is 11.3 Å². The molecule has 3 N–H and O–H groups in total. The number of nitrogens with one attached hydrogen (secondary N) is 3. The molecule has 0 aliphatic carbocycles. The minimum atomic E-state index is -1.09. The molecule has 1 saturated heterocycles. The minimum absolute atomic E-state index is 0.0496. The van der Waals surface area contributed by atoms with Crippen LogP contribution in [0.5, 0.6) is 0 Å². The SMILES string of the molecule is CC(C)(C)OC(=O)Nc1nc(C(=NCC(C)(C)C(=O)OC(C)(C)C)C(=O)N[C@@H]2C(=O)N[C@@H]2CN=[N+]=[N-])cs1. The number of thiazole rings is 1. The van der Waals surface area contributed by atoms with Crippen molar-refractivity contribution in [2.75, 3.05) is 18.4 Å². The van der Waals surface area contributed by atoms with E-state index >= 15 is 0 Å². The van der Waals surface area contributed by atoms with Crippen molar-refractivity contribution in [2.24, 2.45) is 15.5 Å². The van der Waals surface area contributed by atoms with Crippen LogP contribution in [0.4, 0.5) is 9.93 Å². The molecule has 14 nitrogen and oxygen atoms in total. The minimum Gasteiger partial charge on any atom is -0.460 e. The van der Waals surface area contributed by atoms with Crippen molar-refractivity contribution in [1.82, 2.24) is 15.6 Å². The Balaban J connectivity index is 2.31. The number of hydrogen-bond donors (Lipinski definition) is 3. The van der Waals surface area contributed by atoms with Gasteiger partial charge in [0, 0.05) is 16.8 Å². The lowest BCUT2D eigenvalue weighted by atomic mass is 9.93. The highest BCUT2D eigenvalue weighted by Gasteiger charge is 2.41. The van der Waals surface area contributed by atoms with Crippen LogP contribution in [-0.2, 0) is 23.9 Å². The molecule has 1 aliphatic rings. The molecule has 208 valence electrons. The molecule has 0 bridgehead atoms. The maximum absolute atomic E-state index is 13.3. The summed E-state index contributed by atoms with van der Waals surface area (Å²) in [7, 11) is 0. The second kappa shape index (κ2) is 11.8. The first-order valence-corrected chi connectivity index (χ1v) is 12.7. The van der Waals surface area contributed by atoms with Crippen molar-refractivity contribution in [3.05, 3.63) is 21.5 Å². The largest absolute Gasteiger partial charge is 0.460 e. The number of carbonyl (C=O) groups excluding carboxylic acids is 4. The van der Waals surface area contributed by atoms with Crippen molar-refractivity contribution in [3.63, 3.8) is 0 Å². The molecule has 1 aromatic heterocycles. The van der Waals surface area contributed by atoms with Crippen LogP contribution in [0.2, 0.25) is 0 Å². The number of amides is 3. The summed E-state index contributed by atoms with van der Waals surface area (Å²) in [4.78, 5) is 61.5. The molecular formula is C23H34N8O6S. The molecule has 0 unspecified atom stereocenters. The molecule has 2 heterocycles. The van der Waals surface area contributed by atoms with E-state index in [9.17, 15) is 19.2 Å². The monoisotopic (exact) mass is 550 g/mol. The fraction of sp³-hybridized carbons (Fsp3) is 0.652. The average Bonchev–Trinajstić information content (AvgIpc) is 3.20. The Morgan fingerprint density at radius 2 is 1.76 bits per heavy atom. The summed E-state index contributed by atoms with van der Waals surface area (Å²) in [5.41, 5.74) is 5.98. The highest BCUT2D eigenvalue weighted by atomic mass is 32.1. The lowest BCUT2D eigenvalue weighted by Crippen LogP contribution is -2.70. The summed E-state index contributed by atoms with van der Waals surface area (Å²) in [6, 6.07) is -1.53. The number of azide groups is 1. The normalized spacial score (nSPS) is 17.9. The first kappa shape index (κ1) is 30.5. The third-order valence-electron chi connectivity index (χ3n) is 4.79. The predicted octanol–water partition coefficient (Wildman–Crippen LogP) is 2.94. The lowest BCUT2D eigenvalue weighted by Gasteiger charge is -2.36. The van der Waals surface area contributed by atoms with Gasteiger partial charge in [-0.05, 0) is 60.9 Å². The molecule has 0 aromatic carbocycles. The quantitative estimate of drug-likeness (QED) is 0.105. The number of ether oxygens (including phenoxy) is 2. The number of nitrogens with zero attached hydrogens (tertiary/aromatic N) is 5. The van der Waals surface area contributed by atoms with Gasteiger partial charge < -0.3 is 20.1 Å². The Labute approximate surface area is 224 Å². The highest BCUT2D eigenvalue weighted by Crippen LogP contribution is 2.23. The summed E-state index contributed by atoms with van der Waals surface area (Å²) in [5, 5.41) is 12.7. The summed E-state index contributed by atoms with van der Waals surface area (Å²) in [6.45, 7) is 13.5. The van der Waals surface area contributed by atoms with Crippen LogP contribution in [0.1, 0.15) is 61.1 Å². The van der Waals surface area contributed by atoms with Crippen molar-refractivity contribution >= 4 is 46.1 Å².